The summed E-state index contributed by atoms with van der Waals surface area (Å²) in [5.41, 5.74) is 2.05. The van der Waals surface area contributed by atoms with Gasteiger partial charge in [0.2, 0.25) is 5.88 Å². The Morgan fingerprint density at radius 2 is 1.76 bits per heavy atom. The average molecular weight is 466 g/mol. The number of anilines is 1. The number of nitrogens with one attached hydrogen (secondary N) is 2. The van der Waals surface area contributed by atoms with E-state index in [1.165, 1.54) is 0 Å². The molecule has 0 bridgehead atoms. The van der Waals surface area contributed by atoms with E-state index in [0.29, 0.717) is 29.4 Å². The highest BCUT2D eigenvalue weighted by Crippen LogP contribution is 2.18. The lowest BCUT2D eigenvalue weighted by molar-refractivity contribution is -0.139. The summed E-state index contributed by atoms with van der Waals surface area (Å²) >= 11 is 0. The van der Waals surface area contributed by atoms with E-state index in [4.69, 9.17) is 0 Å². The fourth-order valence-electron chi connectivity index (χ4n) is 3.13. The summed E-state index contributed by atoms with van der Waals surface area (Å²) in [6.45, 7) is 5.44. The number of ketones is 1. The van der Waals surface area contributed by atoms with Crippen LogP contribution in [0.3, 0.4) is 0 Å². The van der Waals surface area contributed by atoms with Gasteiger partial charge in [-0.05, 0) is 37.6 Å². The first-order valence-electron chi connectivity index (χ1n) is 10.7. The minimum absolute atomic E-state index is 0.0324. The largest absolute Gasteiger partial charge is 0.492 e. The molecule has 0 aliphatic carbocycles. The lowest BCUT2D eigenvalue weighted by Crippen LogP contribution is -2.41. The molecular weight excluding hydrogens is 440 g/mol. The number of carboxylic acid groups (broad SMARTS) is 1. The third-order valence-electron chi connectivity index (χ3n) is 5.10. The van der Waals surface area contributed by atoms with Crippen LogP contribution in [0.4, 0.5) is 5.69 Å². The maximum atomic E-state index is 12.5. The van der Waals surface area contributed by atoms with Gasteiger partial charge in [0.15, 0.2) is 11.2 Å². The van der Waals surface area contributed by atoms with Gasteiger partial charge in [-0.15, -0.1) is 0 Å². The molecule has 0 unspecified atom stereocenters. The van der Waals surface area contributed by atoms with Gasteiger partial charge in [0.25, 0.3) is 5.91 Å². The number of aliphatic carboxylic acids is 1. The first kappa shape index (κ1) is 24.5. The molecule has 3 aromatic rings. The van der Waals surface area contributed by atoms with E-state index in [9.17, 15) is 24.6 Å². The van der Waals surface area contributed by atoms with E-state index < -0.39 is 17.9 Å². The molecular formula is C23H26N6O5. The van der Waals surface area contributed by atoms with Crippen LogP contribution in [0.15, 0.2) is 30.5 Å². The zero-order valence-corrected chi connectivity index (χ0v) is 19.1. The molecule has 2 heterocycles. The van der Waals surface area contributed by atoms with Crippen molar-refractivity contribution in [3.8, 4) is 5.88 Å². The number of aryl methyl sites for hydroxylation is 1. The van der Waals surface area contributed by atoms with Gasteiger partial charge in [0, 0.05) is 23.6 Å². The molecule has 3 rings (SSSR count). The van der Waals surface area contributed by atoms with Crippen molar-refractivity contribution in [3.05, 3.63) is 47.5 Å². The summed E-state index contributed by atoms with van der Waals surface area (Å²) in [5.74, 6) is -1.80. The summed E-state index contributed by atoms with van der Waals surface area (Å²) in [7, 11) is 0. The first-order valence-corrected chi connectivity index (χ1v) is 10.7. The first-order chi connectivity index (χ1) is 16.1. The van der Waals surface area contributed by atoms with Gasteiger partial charge in [-0.2, -0.15) is 4.98 Å². The predicted octanol–water partition coefficient (Wildman–Crippen LogP) is 2.23. The van der Waals surface area contributed by atoms with Crippen LogP contribution in [0.1, 0.15) is 48.6 Å². The second kappa shape index (κ2) is 10.6. The lowest BCUT2D eigenvalue weighted by atomic mass is 10.0. The standard InChI is InChI=1S/C23H26N6O5/c1-12(2)18(30)9-8-17(23(33)34)29-21(31)14-4-6-15(7-5-14)24-10-16-11-25-20-19(28-16)22(32)27-13(3)26-20/h4-7,11-12,17,24H,8-10H2,1-3H3,(H,29,31)(H,33,34)(H,25,26,27,32)/t17-/m1/s1. The smallest absolute Gasteiger partial charge is 0.326 e. The molecule has 11 heteroatoms. The van der Waals surface area contributed by atoms with Crippen LogP contribution in [-0.4, -0.2) is 53.9 Å². The highest BCUT2D eigenvalue weighted by Gasteiger charge is 2.22. The number of amides is 1. The summed E-state index contributed by atoms with van der Waals surface area (Å²) in [6, 6.07) is 5.31. The molecule has 1 aromatic carbocycles. The Kier molecular flexibility index (Phi) is 7.67. The van der Waals surface area contributed by atoms with Crippen molar-refractivity contribution in [1.29, 1.82) is 0 Å². The van der Waals surface area contributed by atoms with Gasteiger partial charge in [-0.1, -0.05) is 13.8 Å². The van der Waals surface area contributed by atoms with Crippen LogP contribution in [0, 0.1) is 12.8 Å². The topological polar surface area (TPSA) is 167 Å². The SMILES string of the molecule is Cc1nc(O)c2nc(CNc3ccc(C(=O)N[C@H](CCC(=O)C(C)C)C(=O)O)cc3)cnc2n1. The van der Waals surface area contributed by atoms with Crippen molar-refractivity contribution in [1.82, 2.24) is 25.3 Å². The van der Waals surface area contributed by atoms with E-state index in [-0.39, 0.29) is 41.5 Å². The molecule has 2 aromatic heterocycles. The third kappa shape index (κ3) is 6.21. The molecule has 0 aliphatic rings. The highest BCUT2D eigenvalue weighted by atomic mass is 16.4. The van der Waals surface area contributed by atoms with Gasteiger partial charge in [0.05, 0.1) is 18.4 Å². The zero-order valence-electron chi connectivity index (χ0n) is 19.1. The fraction of sp³-hybridized carbons (Fsp3) is 0.348. The Hall–Kier alpha value is -4.15. The van der Waals surface area contributed by atoms with E-state index >= 15 is 0 Å². The van der Waals surface area contributed by atoms with Crippen molar-refractivity contribution in [2.24, 2.45) is 5.92 Å². The summed E-state index contributed by atoms with van der Waals surface area (Å²) in [5, 5.41) is 24.9. The van der Waals surface area contributed by atoms with Crippen molar-refractivity contribution >= 4 is 34.5 Å². The van der Waals surface area contributed by atoms with Gasteiger partial charge in [0.1, 0.15) is 17.6 Å². The zero-order chi connectivity index (χ0) is 24.8. The van der Waals surface area contributed by atoms with Gasteiger partial charge >= 0.3 is 5.97 Å². The van der Waals surface area contributed by atoms with Crippen molar-refractivity contribution in [2.45, 2.75) is 46.2 Å². The van der Waals surface area contributed by atoms with E-state index in [1.807, 2.05) is 0 Å². The minimum atomic E-state index is -1.19. The van der Waals surface area contributed by atoms with Crippen molar-refractivity contribution < 1.29 is 24.6 Å². The van der Waals surface area contributed by atoms with Crippen LogP contribution < -0.4 is 10.6 Å². The lowest BCUT2D eigenvalue weighted by Gasteiger charge is -2.15. The summed E-state index contributed by atoms with van der Waals surface area (Å²) in [4.78, 5) is 52.2. The molecule has 0 aliphatic heterocycles. The summed E-state index contributed by atoms with van der Waals surface area (Å²) < 4.78 is 0. The number of rotatable bonds is 10. The molecule has 1 amide bonds. The number of aromatic nitrogens is 4. The number of aromatic hydroxyl groups is 1. The van der Waals surface area contributed by atoms with E-state index in [1.54, 1.807) is 51.2 Å². The molecule has 0 spiro atoms. The van der Waals surface area contributed by atoms with Crippen molar-refractivity contribution in [2.75, 3.05) is 5.32 Å². The second-order valence-electron chi connectivity index (χ2n) is 8.08. The number of hydrogen-bond donors (Lipinski definition) is 4. The van der Waals surface area contributed by atoms with E-state index in [0.717, 1.165) is 0 Å². The van der Waals surface area contributed by atoms with Crippen LogP contribution in [0.2, 0.25) is 0 Å². The molecule has 34 heavy (non-hydrogen) atoms. The Morgan fingerprint density at radius 1 is 1.06 bits per heavy atom. The fourth-order valence-corrected chi connectivity index (χ4v) is 3.13. The number of Topliss-reactive ketones (excluding diaryl/α,β-unsaturated/α-hetero) is 1. The quantitative estimate of drug-likeness (QED) is 0.348. The van der Waals surface area contributed by atoms with Gasteiger partial charge in [-0.25, -0.2) is 19.7 Å². The van der Waals surface area contributed by atoms with Gasteiger partial charge < -0.3 is 20.8 Å². The molecule has 0 fully saturated rings. The average Bonchev–Trinajstić information content (AvgIpc) is 2.80. The molecule has 0 saturated heterocycles. The van der Waals surface area contributed by atoms with Crippen molar-refractivity contribution in [3.63, 3.8) is 0 Å². The monoisotopic (exact) mass is 466 g/mol. The maximum absolute atomic E-state index is 12.5. The molecule has 1 atom stereocenters. The van der Waals surface area contributed by atoms with Crippen LogP contribution in [0.25, 0.3) is 11.2 Å². The third-order valence-corrected chi connectivity index (χ3v) is 5.10. The highest BCUT2D eigenvalue weighted by molar-refractivity contribution is 5.97. The number of benzene rings is 1. The van der Waals surface area contributed by atoms with Crippen LogP contribution in [0.5, 0.6) is 5.88 Å². The number of carbonyl (C=O) groups excluding carboxylic acids is 2. The van der Waals surface area contributed by atoms with Crippen LogP contribution in [-0.2, 0) is 16.1 Å². The maximum Gasteiger partial charge on any atom is 0.326 e. The van der Waals surface area contributed by atoms with Gasteiger partial charge in [-0.3, -0.25) is 9.59 Å². The molecule has 0 radical (unpaired) electrons. The number of hydrogen-bond acceptors (Lipinski definition) is 9. The second-order valence-corrected chi connectivity index (χ2v) is 8.08. The van der Waals surface area contributed by atoms with Crippen LogP contribution >= 0.6 is 0 Å². The number of carboxylic acids is 1. The van der Waals surface area contributed by atoms with E-state index in [2.05, 4.69) is 30.6 Å². The Bertz CT molecular complexity index is 1210. The molecule has 11 nitrogen and oxygen atoms in total. The number of nitrogens with zero attached hydrogens (tertiary/aromatic N) is 4. The number of fused-ring (bicyclic) bond motifs is 1. The molecule has 178 valence electrons. The number of carbonyl (C=O) groups is 3. The Balaban J connectivity index is 1.59. The normalized spacial score (nSPS) is 11.9. The predicted molar refractivity (Wildman–Crippen MR) is 123 cm³/mol. The molecule has 4 N–H and O–H groups in total. The summed E-state index contributed by atoms with van der Waals surface area (Å²) in [6.07, 6.45) is 1.66. The molecule has 0 saturated carbocycles. The Morgan fingerprint density at radius 3 is 2.41 bits per heavy atom. The minimum Gasteiger partial charge on any atom is -0.492 e. The Labute approximate surface area is 195 Å².